The van der Waals surface area contributed by atoms with Crippen LogP contribution in [-0.2, 0) is 6.61 Å². The van der Waals surface area contributed by atoms with Crippen LogP contribution in [0.15, 0.2) is 91.5 Å². The van der Waals surface area contributed by atoms with Crippen LogP contribution in [0.4, 0.5) is 13.2 Å². The van der Waals surface area contributed by atoms with Crippen LogP contribution in [0.3, 0.4) is 0 Å². The van der Waals surface area contributed by atoms with Gasteiger partial charge in [-0.1, -0.05) is 67.3 Å². The Bertz CT molecular complexity index is 1350. The quantitative estimate of drug-likeness (QED) is 0.245. The molecule has 4 aromatic rings. The third-order valence-corrected chi connectivity index (χ3v) is 5.74. The van der Waals surface area contributed by atoms with Crippen LogP contribution in [0.1, 0.15) is 24.2 Å². The lowest BCUT2D eigenvalue weighted by Gasteiger charge is -2.12. The Morgan fingerprint density at radius 3 is 2.11 bits per heavy atom. The summed E-state index contributed by atoms with van der Waals surface area (Å²) in [4.78, 5) is 0. The second-order valence-electron chi connectivity index (χ2n) is 8.26. The first-order chi connectivity index (χ1) is 17.4. The molecule has 6 heteroatoms. The standard InChI is InChI=1S/C30H25F3O3/c1-3-16-35-28-15-11-23(17-27(28)31)21-8-12-25(13-9-21)36-18-24-10-14-26(30(33)29(24)32)22-6-4-20(5-7-22)19(2)34/h3-15,17,19,34H,1,16,18H2,2H3. The van der Waals surface area contributed by atoms with Gasteiger partial charge in [-0.05, 0) is 53.4 Å². The molecule has 4 aromatic carbocycles. The molecule has 0 heterocycles. The van der Waals surface area contributed by atoms with Crippen LogP contribution in [0.5, 0.6) is 11.5 Å². The molecule has 0 aliphatic heterocycles. The molecule has 0 saturated heterocycles. The van der Waals surface area contributed by atoms with E-state index in [4.69, 9.17) is 9.47 Å². The van der Waals surface area contributed by atoms with Crippen molar-refractivity contribution < 1.29 is 27.8 Å². The largest absolute Gasteiger partial charge is 0.489 e. The Labute approximate surface area is 208 Å². The number of ether oxygens (including phenoxy) is 2. The molecule has 0 amide bonds. The predicted octanol–water partition coefficient (Wildman–Crippen LogP) is 7.64. The Morgan fingerprint density at radius 1 is 0.806 bits per heavy atom. The highest BCUT2D eigenvalue weighted by Crippen LogP contribution is 2.30. The van der Waals surface area contributed by atoms with Crippen molar-refractivity contribution in [3.05, 3.63) is 120 Å². The number of aliphatic hydroxyl groups is 1. The third-order valence-electron chi connectivity index (χ3n) is 5.74. The second-order valence-corrected chi connectivity index (χ2v) is 8.26. The van der Waals surface area contributed by atoms with Crippen molar-refractivity contribution in [3.63, 3.8) is 0 Å². The summed E-state index contributed by atoms with van der Waals surface area (Å²) in [6.45, 7) is 5.23. The van der Waals surface area contributed by atoms with E-state index >= 15 is 0 Å². The number of benzene rings is 4. The van der Waals surface area contributed by atoms with E-state index < -0.39 is 23.6 Å². The average molecular weight is 491 g/mol. The first-order valence-electron chi connectivity index (χ1n) is 11.4. The zero-order valence-electron chi connectivity index (χ0n) is 19.7. The zero-order valence-corrected chi connectivity index (χ0v) is 19.7. The van der Waals surface area contributed by atoms with E-state index in [0.717, 1.165) is 5.56 Å². The van der Waals surface area contributed by atoms with E-state index in [0.29, 0.717) is 22.4 Å². The number of rotatable bonds is 9. The first kappa shape index (κ1) is 25.1. The van der Waals surface area contributed by atoms with Gasteiger partial charge in [0.2, 0.25) is 0 Å². The first-order valence-corrected chi connectivity index (χ1v) is 11.4. The molecular formula is C30H25F3O3. The lowest BCUT2D eigenvalue weighted by atomic mass is 10.00. The minimum absolute atomic E-state index is 0.0816. The van der Waals surface area contributed by atoms with Crippen LogP contribution in [0.2, 0.25) is 0 Å². The highest BCUT2D eigenvalue weighted by atomic mass is 19.2. The van der Waals surface area contributed by atoms with Gasteiger partial charge in [0.1, 0.15) is 19.0 Å². The number of aliphatic hydroxyl groups excluding tert-OH is 1. The Morgan fingerprint density at radius 2 is 1.47 bits per heavy atom. The van der Waals surface area contributed by atoms with E-state index in [2.05, 4.69) is 6.58 Å². The molecule has 0 aromatic heterocycles. The molecule has 4 rings (SSSR count). The molecule has 0 spiro atoms. The van der Waals surface area contributed by atoms with Gasteiger partial charge in [-0.25, -0.2) is 13.2 Å². The van der Waals surface area contributed by atoms with E-state index in [9.17, 15) is 18.3 Å². The second kappa shape index (κ2) is 11.1. The van der Waals surface area contributed by atoms with Crippen molar-refractivity contribution in [2.75, 3.05) is 6.61 Å². The summed E-state index contributed by atoms with van der Waals surface area (Å²) < 4.78 is 54.7. The van der Waals surface area contributed by atoms with Crippen LogP contribution >= 0.6 is 0 Å². The molecule has 36 heavy (non-hydrogen) atoms. The highest BCUT2D eigenvalue weighted by molar-refractivity contribution is 5.66. The maximum atomic E-state index is 14.8. The van der Waals surface area contributed by atoms with Crippen LogP contribution < -0.4 is 9.47 Å². The van der Waals surface area contributed by atoms with Gasteiger partial charge in [0, 0.05) is 11.1 Å². The minimum atomic E-state index is -0.974. The summed E-state index contributed by atoms with van der Waals surface area (Å²) >= 11 is 0. The molecule has 0 aliphatic carbocycles. The van der Waals surface area contributed by atoms with Gasteiger partial charge in [0.05, 0.1) is 6.10 Å². The number of hydrogen-bond donors (Lipinski definition) is 1. The zero-order chi connectivity index (χ0) is 25.7. The number of halogens is 3. The summed E-state index contributed by atoms with van der Waals surface area (Å²) in [5.74, 6) is -1.80. The fraction of sp³-hybridized carbons (Fsp3) is 0.133. The molecule has 1 unspecified atom stereocenters. The van der Waals surface area contributed by atoms with Gasteiger partial charge < -0.3 is 14.6 Å². The molecular weight excluding hydrogens is 465 g/mol. The van der Waals surface area contributed by atoms with Gasteiger partial charge in [0.15, 0.2) is 23.2 Å². The van der Waals surface area contributed by atoms with Gasteiger partial charge in [0.25, 0.3) is 0 Å². The lowest BCUT2D eigenvalue weighted by Crippen LogP contribution is -2.02. The van der Waals surface area contributed by atoms with Crippen molar-refractivity contribution in [1.82, 2.24) is 0 Å². The van der Waals surface area contributed by atoms with E-state index in [-0.39, 0.29) is 30.1 Å². The van der Waals surface area contributed by atoms with Crippen LogP contribution in [0.25, 0.3) is 22.3 Å². The lowest BCUT2D eigenvalue weighted by molar-refractivity contribution is 0.199. The van der Waals surface area contributed by atoms with Gasteiger partial charge in [-0.2, -0.15) is 0 Å². The Balaban J connectivity index is 1.44. The summed E-state index contributed by atoms with van der Waals surface area (Å²) in [5.41, 5.74) is 2.84. The summed E-state index contributed by atoms with van der Waals surface area (Å²) in [7, 11) is 0. The highest BCUT2D eigenvalue weighted by Gasteiger charge is 2.16. The Kier molecular flexibility index (Phi) is 7.76. The van der Waals surface area contributed by atoms with Crippen molar-refractivity contribution in [2.24, 2.45) is 0 Å². The molecule has 0 bridgehead atoms. The van der Waals surface area contributed by atoms with Crippen molar-refractivity contribution >= 4 is 0 Å². The van der Waals surface area contributed by atoms with Gasteiger partial charge in [-0.3, -0.25) is 0 Å². The van der Waals surface area contributed by atoms with Crippen LogP contribution in [-0.4, -0.2) is 11.7 Å². The SMILES string of the molecule is C=CCOc1ccc(-c2ccc(OCc3ccc(-c4ccc(C(C)O)cc4)c(F)c3F)cc2)cc1F. The smallest absolute Gasteiger partial charge is 0.167 e. The maximum absolute atomic E-state index is 14.8. The van der Waals surface area contributed by atoms with Gasteiger partial charge in [-0.15, -0.1) is 0 Å². The molecule has 1 N–H and O–H groups in total. The topological polar surface area (TPSA) is 38.7 Å². The van der Waals surface area contributed by atoms with E-state index in [1.807, 2.05) is 0 Å². The summed E-state index contributed by atoms with van der Waals surface area (Å²) in [5, 5.41) is 9.62. The average Bonchev–Trinajstić information content (AvgIpc) is 2.89. The van der Waals surface area contributed by atoms with E-state index in [1.54, 1.807) is 73.7 Å². The van der Waals surface area contributed by atoms with Gasteiger partial charge >= 0.3 is 0 Å². The van der Waals surface area contributed by atoms with Crippen LogP contribution in [0, 0.1) is 17.5 Å². The molecule has 0 aliphatic rings. The fourth-order valence-electron chi connectivity index (χ4n) is 3.72. The van der Waals surface area contributed by atoms with Crippen molar-refractivity contribution in [3.8, 4) is 33.8 Å². The molecule has 184 valence electrons. The third kappa shape index (κ3) is 5.61. The summed E-state index contributed by atoms with van der Waals surface area (Å²) in [6.07, 6.45) is 0.899. The number of hydrogen-bond acceptors (Lipinski definition) is 3. The Hall–Kier alpha value is -4.03. The molecule has 0 radical (unpaired) electrons. The fourth-order valence-corrected chi connectivity index (χ4v) is 3.72. The molecule has 0 saturated carbocycles. The minimum Gasteiger partial charge on any atom is -0.489 e. The van der Waals surface area contributed by atoms with Crippen molar-refractivity contribution in [1.29, 1.82) is 0 Å². The van der Waals surface area contributed by atoms with E-state index in [1.165, 1.54) is 18.2 Å². The predicted molar refractivity (Wildman–Crippen MR) is 134 cm³/mol. The molecule has 3 nitrogen and oxygen atoms in total. The summed E-state index contributed by atoms with van der Waals surface area (Å²) in [6, 6.07) is 21.2. The monoisotopic (exact) mass is 490 g/mol. The van der Waals surface area contributed by atoms with Crippen molar-refractivity contribution in [2.45, 2.75) is 19.6 Å². The maximum Gasteiger partial charge on any atom is 0.167 e. The molecule has 0 fully saturated rings. The molecule has 1 atom stereocenters. The normalized spacial score (nSPS) is 11.7.